The van der Waals surface area contributed by atoms with Crippen LogP contribution in [0.2, 0.25) is 0 Å². The fourth-order valence-electron chi connectivity index (χ4n) is 5.52. The summed E-state index contributed by atoms with van der Waals surface area (Å²) in [7, 11) is 0. The first-order valence-corrected chi connectivity index (χ1v) is 12.7. The predicted molar refractivity (Wildman–Crippen MR) is 140 cm³/mol. The van der Waals surface area contributed by atoms with Crippen LogP contribution >= 0.6 is 0 Å². The van der Waals surface area contributed by atoms with E-state index >= 15 is 0 Å². The number of nitrogens with zero attached hydrogens (tertiary/aromatic N) is 2. The average Bonchev–Trinajstić information content (AvgIpc) is 2.81. The molecule has 2 aromatic rings. The van der Waals surface area contributed by atoms with E-state index in [2.05, 4.69) is 59.7 Å². The van der Waals surface area contributed by atoms with Gasteiger partial charge in [-0.3, -0.25) is 0 Å². The topological polar surface area (TPSA) is 56.7 Å². The minimum absolute atomic E-state index is 0.302. The molecule has 2 saturated heterocycles. The molecule has 0 unspecified atom stereocenters. The average molecular weight is 468 g/mol. The zero-order valence-electron chi connectivity index (χ0n) is 20.3. The van der Waals surface area contributed by atoms with Crippen molar-refractivity contribution in [3.05, 3.63) is 71.6 Å². The summed E-state index contributed by atoms with van der Waals surface area (Å²) in [5.74, 6) is 1.37. The fraction of sp³-hybridized carbons (Fsp3) is 0.333. The Labute approximate surface area is 205 Å². The van der Waals surface area contributed by atoms with E-state index in [-0.39, 0.29) is 0 Å². The van der Waals surface area contributed by atoms with Gasteiger partial charge in [-0.05, 0) is 48.6 Å². The van der Waals surface area contributed by atoms with Gasteiger partial charge in [-0.1, -0.05) is 32.0 Å². The van der Waals surface area contributed by atoms with Gasteiger partial charge in [0.25, 0.3) is 0 Å². The van der Waals surface area contributed by atoms with Gasteiger partial charge in [-0.2, -0.15) is 0 Å². The summed E-state index contributed by atoms with van der Waals surface area (Å²) in [5, 5.41) is 12.0. The van der Waals surface area contributed by atoms with E-state index in [1.54, 1.807) is 12.1 Å². The highest BCUT2D eigenvalue weighted by molar-refractivity contribution is 6.07. The number of carboxylic acids is 1. The molecule has 6 rings (SSSR count). The van der Waals surface area contributed by atoms with E-state index in [4.69, 9.17) is 4.42 Å². The maximum Gasteiger partial charge on any atom is 0.336 e. The van der Waals surface area contributed by atoms with Crippen LogP contribution in [0.15, 0.2) is 65.1 Å². The third-order valence-electron chi connectivity index (χ3n) is 7.92. The Bertz CT molecular complexity index is 1470. The first-order chi connectivity index (χ1) is 17.1. The molecule has 3 heterocycles. The van der Waals surface area contributed by atoms with Crippen LogP contribution in [0.5, 0.6) is 0 Å². The molecule has 0 spiro atoms. The van der Waals surface area contributed by atoms with Gasteiger partial charge in [0.1, 0.15) is 11.3 Å². The summed E-state index contributed by atoms with van der Waals surface area (Å²) >= 11 is 0. The second kappa shape index (κ2) is 8.56. The molecule has 2 aromatic carbocycles. The second-order valence-corrected chi connectivity index (χ2v) is 10.0. The number of carbonyl (C=O) groups is 1. The molecule has 35 heavy (non-hydrogen) atoms. The minimum Gasteiger partial charge on any atom is -0.478 e. The van der Waals surface area contributed by atoms with Crippen molar-refractivity contribution in [2.45, 2.75) is 26.7 Å². The monoisotopic (exact) mass is 467 g/mol. The molecule has 2 fully saturated rings. The Hall–Kier alpha value is -3.60. The van der Waals surface area contributed by atoms with Crippen LogP contribution in [0.4, 0.5) is 5.69 Å². The van der Waals surface area contributed by atoms with E-state index in [9.17, 15) is 9.90 Å². The number of hydrogen-bond donors (Lipinski definition) is 1. The Kier molecular flexibility index (Phi) is 5.36. The number of carboxylic acid groups (broad SMARTS) is 1. The molecule has 3 aliphatic heterocycles. The van der Waals surface area contributed by atoms with E-state index in [1.165, 1.54) is 12.8 Å². The van der Waals surface area contributed by atoms with Crippen molar-refractivity contribution in [3.8, 4) is 22.5 Å². The SMILES string of the molecule is CCC1CN(c2ccc3c(-c4ccccc4C(=O)O)c4ccc(=[N+]5CC(CC)C5)cc-4oc3c2)C1. The summed E-state index contributed by atoms with van der Waals surface area (Å²) in [6.07, 6.45) is 2.40. The third kappa shape index (κ3) is 3.70. The summed E-state index contributed by atoms with van der Waals surface area (Å²) in [5.41, 5.74) is 4.82. The Morgan fingerprint density at radius 3 is 2.49 bits per heavy atom. The number of hydrogen-bond acceptors (Lipinski definition) is 3. The normalized spacial score (nSPS) is 18.1. The van der Waals surface area contributed by atoms with Gasteiger partial charge in [0.15, 0.2) is 13.1 Å². The van der Waals surface area contributed by atoms with Crippen molar-refractivity contribution in [1.29, 1.82) is 0 Å². The summed E-state index contributed by atoms with van der Waals surface area (Å²) in [4.78, 5) is 14.5. The number of benzene rings is 3. The van der Waals surface area contributed by atoms with Gasteiger partial charge in [0.05, 0.1) is 17.5 Å². The maximum absolute atomic E-state index is 12.1. The van der Waals surface area contributed by atoms with E-state index in [1.807, 2.05) is 12.1 Å². The van der Waals surface area contributed by atoms with E-state index < -0.39 is 5.97 Å². The highest BCUT2D eigenvalue weighted by Crippen LogP contribution is 2.42. The van der Waals surface area contributed by atoms with Crippen LogP contribution in [0.1, 0.15) is 37.0 Å². The lowest BCUT2D eigenvalue weighted by Gasteiger charge is -2.40. The molecule has 178 valence electrons. The van der Waals surface area contributed by atoms with Crippen LogP contribution in [0.3, 0.4) is 0 Å². The maximum atomic E-state index is 12.1. The third-order valence-corrected chi connectivity index (χ3v) is 7.92. The number of fused-ring (bicyclic) bond motifs is 2. The number of anilines is 1. The van der Waals surface area contributed by atoms with Crippen molar-refractivity contribution in [2.24, 2.45) is 11.8 Å². The van der Waals surface area contributed by atoms with Crippen LogP contribution in [-0.4, -0.2) is 37.3 Å². The van der Waals surface area contributed by atoms with Gasteiger partial charge in [-0.15, -0.1) is 0 Å². The summed E-state index contributed by atoms with van der Waals surface area (Å²) in [6.45, 7) is 8.77. The molecule has 5 heteroatoms. The molecule has 1 aliphatic carbocycles. The Balaban J connectivity index is 1.58. The molecule has 0 atom stereocenters. The molecule has 0 amide bonds. The Morgan fingerprint density at radius 1 is 0.971 bits per heavy atom. The first-order valence-electron chi connectivity index (χ1n) is 12.7. The van der Waals surface area contributed by atoms with E-state index in [0.717, 1.165) is 82.5 Å². The molecule has 0 radical (unpaired) electrons. The molecule has 0 saturated carbocycles. The quantitative estimate of drug-likeness (QED) is 0.308. The lowest BCUT2D eigenvalue weighted by Crippen LogP contribution is -2.48. The van der Waals surface area contributed by atoms with Gasteiger partial charge in [0.2, 0.25) is 5.36 Å². The van der Waals surface area contributed by atoms with Crippen molar-refractivity contribution in [2.75, 3.05) is 31.1 Å². The molecular formula is C30H31N2O3+. The Morgan fingerprint density at radius 2 is 1.74 bits per heavy atom. The van der Waals surface area contributed by atoms with E-state index in [0.29, 0.717) is 5.56 Å². The molecular weight excluding hydrogens is 436 g/mol. The highest BCUT2D eigenvalue weighted by atomic mass is 16.4. The predicted octanol–water partition coefficient (Wildman–Crippen LogP) is 5.56. The van der Waals surface area contributed by atoms with Crippen molar-refractivity contribution >= 4 is 22.6 Å². The van der Waals surface area contributed by atoms with Gasteiger partial charge >= 0.3 is 5.97 Å². The van der Waals surface area contributed by atoms with Crippen LogP contribution in [-0.2, 0) is 0 Å². The number of aromatic carboxylic acids is 1. The molecule has 5 nitrogen and oxygen atoms in total. The fourth-order valence-corrected chi connectivity index (χ4v) is 5.52. The van der Waals surface area contributed by atoms with Gasteiger partial charge in [-0.25, -0.2) is 9.37 Å². The molecule has 0 aromatic heterocycles. The summed E-state index contributed by atoms with van der Waals surface area (Å²) < 4.78 is 8.92. The van der Waals surface area contributed by atoms with Gasteiger partial charge in [0, 0.05) is 47.4 Å². The summed E-state index contributed by atoms with van der Waals surface area (Å²) in [6, 6.07) is 20.0. The van der Waals surface area contributed by atoms with Crippen LogP contribution < -0.4 is 14.8 Å². The first kappa shape index (κ1) is 21.9. The zero-order valence-corrected chi connectivity index (χ0v) is 20.3. The second-order valence-electron chi connectivity index (χ2n) is 10.0. The molecule has 0 bridgehead atoms. The lowest BCUT2D eigenvalue weighted by atomic mass is 9.90. The largest absolute Gasteiger partial charge is 0.478 e. The zero-order chi connectivity index (χ0) is 24.1. The molecule has 4 aliphatic rings. The van der Waals surface area contributed by atoms with Crippen molar-refractivity contribution in [1.82, 2.24) is 4.58 Å². The number of rotatable bonds is 5. The van der Waals surface area contributed by atoms with Crippen molar-refractivity contribution in [3.63, 3.8) is 0 Å². The minimum atomic E-state index is -0.923. The van der Waals surface area contributed by atoms with Crippen LogP contribution in [0, 0.1) is 11.8 Å². The van der Waals surface area contributed by atoms with Gasteiger partial charge < -0.3 is 14.4 Å². The van der Waals surface area contributed by atoms with Crippen LogP contribution in [0.25, 0.3) is 33.4 Å². The van der Waals surface area contributed by atoms with Crippen molar-refractivity contribution < 1.29 is 14.3 Å². The highest BCUT2D eigenvalue weighted by Gasteiger charge is 2.30. The molecule has 1 N–H and O–H groups in total. The lowest BCUT2D eigenvalue weighted by molar-refractivity contribution is 0.0697. The standard InChI is InChI=1S/C30H30N2O3/c1-3-19-15-31(16-19)21-9-11-25-27(13-21)35-28-14-22(32-17-20(4-2)18-32)10-12-26(28)29(25)23-7-5-6-8-24(23)30(33)34/h5-14,19-20H,3-4,15-18H2,1-2H3/p+1. The smallest absolute Gasteiger partial charge is 0.336 e.